The summed E-state index contributed by atoms with van der Waals surface area (Å²) in [4.78, 5) is 17.0. The Bertz CT molecular complexity index is 1030. The zero-order valence-corrected chi connectivity index (χ0v) is 17.8. The van der Waals surface area contributed by atoms with Crippen LogP contribution in [0, 0.1) is 0 Å². The number of halogens is 3. The molecule has 0 fully saturated rings. The number of methoxy groups -OCH3 is 1. The molecule has 0 amide bonds. The Balaban J connectivity index is 1.51. The second-order valence-corrected chi connectivity index (χ2v) is 7.49. The second kappa shape index (κ2) is 11.0. The average Bonchev–Trinajstić information content (AvgIpc) is 3.22. The molecule has 3 aromatic rings. The van der Waals surface area contributed by atoms with Crippen molar-refractivity contribution in [3.05, 3.63) is 53.4 Å². The second-order valence-electron chi connectivity index (χ2n) is 5.95. The number of nitrogens with zero attached hydrogens (tertiary/aromatic N) is 2. The van der Waals surface area contributed by atoms with Crippen molar-refractivity contribution in [2.24, 2.45) is 0 Å². The van der Waals surface area contributed by atoms with Crippen molar-refractivity contribution in [3.63, 3.8) is 0 Å². The number of carbonyl (C=O) groups excluding carboxylic acids is 1. The Kier molecular flexibility index (Phi) is 8.07. The Morgan fingerprint density at radius 2 is 2.03 bits per heavy atom. The van der Waals surface area contributed by atoms with E-state index < -0.39 is 12.6 Å². The largest absolute Gasteiger partial charge is 0.493 e. The molecule has 0 aliphatic heterocycles. The van der Waals surface area contributed by atoms with Gasteiger partial charge in [0.1, 0.15) is 0 Å². The number of esters is 1. The standard InChI is InChI=1S/C20H17ClF2N2O5S/c1-27-15-10-12(6-7-14(15)29-20(22)23)19-24-17(30-25-19)11-28-18(26)8-9-31-16-5-3-2-4-13(16)21/h2-7,10,20H,8-9,11H2,1H3. The molecule has 31 heavy (non-hydrogen) atoms. The summed E-state index contributed by atoms with van der Waals surface area (Å²) in [5, 5.41) is 4.43. The molecule has 0 aliphatic carbocycles. The third-order valence-corrected chi connectivity index (χ3v) is 5.38. The fourth-order valence-electron chi connectivity index (χ4n) is 2.45. The number of thioether (sulfide) groups is 1. The first kappa shape index (κ1) is 22.8. The van der Waals surface area contributed by atoms with E-state index in [2.05, 4.69) is 14.9 Å². The SMILES string of the molecule is COc1cc(-c2noc(COC(=O)CCSc3ccccc3Cl)n2)ccc1OC(F)F. The highest BCUT2D eigenvalue weighted by atomic mass is 35.5. The van der Waals surface area contributed by atoms with Crippen molar-refractivity contribution in [1.82, 2.24) is 10.1 Å². The van der Waals surface area contributed by atoms with Crippen molar-refractivity contribution in [2.45, 2.75) is 24.5 Å². The Hall–Kier alpha value is -2.85. The number of alkyl halides is 2. The van der Waals surface area contributed by atoms with E-state index in [1.54, 1.807) is 6.07 Å². The lowest BCUT2D eigenvalue weighted by Crippen LogP contribution is -2.05. The molecule has 0 radical (unpaired) electrons. The number of aromatic nitrogens is 2. The molecule has 0 spiro atoms. The molecule has 11 heteroatoms. The third kappa shape index (κ3) is 6.56. The smallest absolute Gasteiger partial charge is 0.387 e. The number of benzene rings is 2. The summed E-state index contributed by atoms with van der Waals surface area (Å²) in [6, 6.07) is 11.6. The predicted octanol–water partition coefficient (Wildman–Crippen LogP) is 5.23. The van der Waals surface area contributed by atoms with Crippen LogP contribution in [0.5, 0.6) is 11.5 Å². The highest BCUT2D eigenvalue weighted by Crippen LogP contribution is 2.32. The van der Waals surface area contributed by atoms with E-state index in [-0.39, 0.29) is 36.2 Å². The fourth-order valence-corrected chi connectivity index (χ4v) is 3.62. The molecule has 1 heterocycles. The number of hydrogen-bond donors (Lipinski definition) is 0. The highest BCUT2D eigenvalue weighted by molar-refractivity contribution is 7.99. The molecular weight excluding hydrogens is 454 g/mol. The molecule has 2 aromatic carbocycles. The molecule has 0 unspecified atom stereocenters. The van der Waals surface area contributed by atoms with E-state index in [1.165, 1.54) is 37.1 Å². The Labute approximate surface area is 185 Å². The molecule has 0 aliphatic rings. The summed E-state index contributed by atoms with van der Waals surface area (Å²) in [5.41, 5.74) is 0.455. The lowest BCUT2D eigenvalue weighted by atomic mass is 10.2. The molecule has 164 valence electrons. The van der Waals surface area contributed by atoms with Crippen LogP contribution in [0.15, 0.2) is 51.9 Å². The van der Waals surface area contributed by atoms with Gasteiger partial charge in [-0.2, -0.15) is 13.8 Å². The monoisotopic (exact) mass is 470 g/mol. The van der Waals surface area contributed by atoms with Gasteiger partial charge in [-0.3, -0.25) is 4.79 Å². The van der Waals surface area contributed by atoms with Gasteiger partial charge in [0, 0.05) is 16.2 Å². The van der Waals surface area contributed by atoms with Crippen LogP contribution in [-0.2, 0) is 16.1 Å². The normalized spacial score (nSPS) is 10.9. The van der Waals surface area contributed by atoms with Gasteiger partial charge in [-0.15, -0.1) is 11.8 Å². The van der Waals surface area contributed by atoms with E-state index in [4.69, 9.17) is 25.6 Å². The minimum atomic E-state index is -2.98. The summed E-state index contributed by atoms with van der Waals surface area (Å²) in [6.07, 6.45) is 0.180. The molecule has 0 saturated carbocycles. The van der Waals surface area contributed by atoms with Gasteiger partial charge in [0.2, 0.25) is 5.82 Å². The lowest BCUT2D eigenvalue weighted by Gasteiger charge is -2.10. The number of hydrogen-bond acceptors (Lipinski definition) is 8. The van der Waals surface area contributed by atoms with Crippen molar-refractivity contribution >= 4 is 29.3 Å². The summed E-state index contributed by atoms with van der Waals surface area (Å²) in [7, 11) is 1.32. The average molecular weight is 471 g/mol. The van der Waals surface area contributed by atoms with E-state index in [9.17, 15) is 13.6 Å². The molecule has 3 rings (SSSR count). The molecule has 0 N–H and O–H groups in total. The van der Waals surface area contributed by atoms with Gasteiger partial charge in [0.15, 0.2) is 18.1 Å². The molecule has 7 nitrogen and oxygen atoms in total. The molecule has 1 aromatic heterocycles. The van der Waals surface area contributed by atoms with E-state index in [1.807, 2.05) is 18.2 Å². The predicted molar refractivity (Wildman–Crippen MR) is 110 cm³/mol. The number of carbonyl (C=O) groups is 1. The molecular formula is C20H17ClF2N2O5S. The number of rotatable bonds is 10. The topological polar surface area (TPSA) is 83.7 Å². The van der Waals surface area contributed by atoms with E-state index in [0.29, 0.717) is 16.3 Å². The molecule has 0 saturated heterocycles. The minimum absolute atomic E-state index is 0.0894. The van der Waals surface area contributed by atoms with Gasteiger partial charge in [-0.05, 0) is 30.3 Å². The van der Waals surface area contributed by atoms with E-state index >= 15 is 0 Å². The fraction of sp³-hybridized carbons (Fsp3) is 0.250. The summed E-state index contributed by atoms with van der Waals surface area (Å²) in [6.45, 7) is -3.17. The first-order valence-electron chi connectivity index (χ1n) is 8.95. The summed E-state index contributed by atoms with van der Waals surface area (Å²) in [5.74, 6) is 0.329. The van der Waals surface area contributed by atoms with Crippen molar-refractivity contribution < 1.29 is 32.3 Å². The molecule has 0 atom stereocenters. The van der Waals surface area contributed by atoms with Gasteiger partial charge >= 0.3 is 12.6 Å². The van der Waals surface area contributed by atoms with Crippen LogP contribution in [0.4, 0.5) is 8.78 Å². The quantitative estimate of drug-likeness (QED) is 0.294. The van der Waals surface area contributed by atoms with Crippen LogP contribution in [0.2, 0.25) is 5.02 Å². The zero-order valence-electron chi connectivity index (χ0n) is 16.2. The molecule has 0 bridgehead atoms. The van der Waals surface area contributed by atoms with Crippen LogP contribution in [-0.4, -0.2) is 35.6 Å². The summed E-state index contributed by atoms with van der Waals surface area (Å²) >= 11 is 7.52. The lowest BCUT2D eigenvalue weighted by molar-refractivity contribution is -0.145. The number of ether oxygens (including phenoxy) is 3. The van der Waals surface area contributed by atoms with Crippen LogP contribution in [0.3, 0.4) is 0 Å². The Morgan fingerprint density at radius 1 is 1.23 bits per heavy atom. The van der Waals surface area contributed by atoms with Gasteiger partial charge in [0.25, 0.3) is 5.89 Å². The van der Waals surface area contributed by atoms with Gasteiger partial charge in [0.05, 0.1) is 18.6 Å². The minimum Gasteiger partial charge on any atom is -0.493 e. The van der Waals surface area contributed by atoms with Gasteiger partial charge in [-0.25, -0.2) is 0 Å². The first-order chi connectivity index (χ1) is 15.0. The van der Waals surface area contributed by atoms with Gasteiger partial charge in [-0.1, -0.05) is 28.9 Å². The zero-order chi connectivity index (χ0) is 22.2. The van der Waals surface area contributed by atoms with Crippen LogP contribution >= 0.6 is 23.4 Å². The van der Waals surface area contributed by atoms with Crippen LogP contribution in [0.1, 0.15) is 12.3 Å². The maximum absolute atomic E-state index is 12.4. The van der Waals surface area contributed by atoms with Crippen LogP contribution in [0.25, 0.3) is 11.4 Å². The van der Waals surface area contributed by atoms with Crippen molar-refractivity contribution in [1.29, 1.82) is 0 Å². The maximum atomic E-state index is 12.4. The summed E-state index contributed by atoms with van der Waals surface area (Å²) < 4.78 is 44.5. The van der Waals surface area contributed by atoms with E-state index in [0.717, 1.165) is 4.90 Å². The van der Waals surface area contributed by atoms with Crippen molar-refractivity contribution in [3.8, 4) is 22.9 Å². The van der Waals surface area contributed by atoms with Crippen LogP contribution < -0.4 is 9.47 Å². The van der Waals surface area contributed by atoms with Gasteiger partial charge < -0.3 is 18.7 Å². The third-order valence-electron chi connectivity index (χ3n) is 3.86. The Morgan fingerprint density at radius 3 is 2.77 bits per heavy atom. The highest BCUT2D eigenvalue weighted by Gasteiger charge is 2.16. The maximum Gasteiger partial charge on any atom is 0.387 e. The van der Waals surface area contributed by atoms with Crippen molar-refractivity contribution in [2.75, 3.05) is 12.9 Å². The first-order valence-corrected chi connectivity index (χ1v) is 10.3.